The number of aromatic nitrogens is 1. The number of hydrogen-bond donors (Lipinski definition) is 0. The van der Waals surface area contributed by atoms with E-state index in [0.29, 0.717) is 20.6 Å². The van der Waals surface area contributed by atoms with Gasteiger partial charge in [-0.15, -0.1) is 22.7 Å². The molecule has 0 bridgehead atoms. The lowest BCUT2D eigenvalue weighted by Crippen LogP contribution is -2.39. The molecular weight excluding hydrogens is 460 g/mol. The van der Waals surface area contributed by atoms with Gasteiger partial charge in [-0.25, -0.2) is 9.79 Å². The molecule has 0 N–H and O–H groups in total. The molecule has 1 aliphatic heterocycles. The predicted octanol–water partition coefficient (Wildman–Crippen LogP) is 4.06. The van der Waals surface area contributed by atoms with Crippen LogP contribution in [0.15, 0.2) is 80.7 Å². The molecule has 0 radical (unpaired) electrons. The Morgan fingerprint density at radius 2 is 1.88 bits per heavy atom. The maximum absolute atomic E-state index is 13.5. The minimum Gasteiger partial charge on any atom is -0.463 e. The number of thiazole rings is 1. The molecule has 0 aliphatic carbocycles. The predicted molar refractivity (Wildman–Crippen MR) is 130 cm³/mol. The van der Waals surface area contributed by atoms with E-state index in [0.717, 1.165) is 15.3 Å². The summed E-state index contributed by atoms with van der Waals surface area (Å²) in [4.78, 5) is 34.0. The fraction of sp³-hybridized carbons (Fsp3) is 0.125. The van der Waals surface area contributed by atoms with E-state index in [1.165, 1.54) is 22.7 Å². The number of nitrogens with zero attached hydrogens (tertiary/aromatic N) is 2. The molecule has 5 nitrogen and oxygen atoms in total. The van der Waals surface area contributed by atoms with Crippen molar-refractivity contribution < 1.29 is 9.53 Å². The van der Waals surface area contributed by atoms with E-state index in [1.54, 1.807) is 22.8 Å². The smallest absolute Gasteiger partial charge is 0.338 e. The first-order valence-electron chi connectivity index (χ1n) is 10.0. The van der Waals surface area contributed by atoms with Gasteiger partial charge in [0.05, 0.1) is 22.4 Å². The Hall–Kier alpha value is -3.07. The standard InChI is InChI=1S/C24H18N2O3S3/c1-2-29-23(28)19-20(15-8-4-3-5-9-15)25-24-26(21(19)17-11-7-13-31-17)22(27)18(32-24)14-16-10-6-12-30-16/h3-14,21H,2H2,1H3/t21-/m1/s1. The number of ether oxygens (including phenoxy) is 1. The van der Waals surface area contributed by atoms with Crippen LogP contribution in [0.5, 0.6) is 0 Å². The van der Waals surface area contributed by atoms with Crippen molar-refractivity contribution >= 4 is 51.8 Å². The van der Waals surface area contributed by atoms with E-state index in [1.807, 2.05) is 71.4 Å². The van der Waals surface area contributed by atoms with E-state index in [4.69, 9.17) is 9.73 Å². The summed E-state index contributed by atoms with van der Waals surface area (Å²) < 4.78 is 7.66. The first-order chi connectivity index (χ1) is 15.7. The maximum Gasteiger partial charge on any atom is 0.338 e. The number of rotatable bonds is 5. The summed E-state index contributed by atoms with van der Waals surface area (Å²) in [6.45, 7) is 2.02. The number of hydrogen-bond acceptors (Lipinski definition) is 7. The van der Waals surface area contributed by atoms with Crippen molar-refractivity contribution in [2.24, 2.45) is 4.99 Å². The molecule has 32 heavy (non-hydrogen) atoms. The topological polar surface area (TPSA) is 60.7 Å². The van der Waals surface area contributed by atoms with Crippen LogP contribution in [-0.2, 0) is 9.53 Å². The Balaban J connectivity index is 1.83. The van der Waals surface area contributed by atoms with Gasteiger partial charge in [-0.1, -0.05) is 53.8 Å². The highest BCUT2D eigenvalue weighted by Crippen LogP contribution is 2.36. The molecule has 160 valence electrons. The normalized spacial score (nSPS) is 16.0. The highest BCUT2D eigenvalue weighted by molar-refractivity contribution is 7.11. The van der Waals surface area contributed by atoms with Crippen molar-refractivity contribution in [1.82, 2.24) is 4.57 Å². The van der Waals surface area contributed by atoms with Crippen LogP contribution in [0, 0.1) is 0 Å². The summed E-state index contributed by atoms with van der Waals surface area (Å²) >= 11 is 4.42. The summed E-state index contributed by atoms with van der Waals surface area (Å²) in [5, 5.41) is 3.92. The molecule has 1 aliphatic rings. The third-order valence-corrected chi connectivity index (χ3v) is 7.73. The van der Waals surface area contributed by atoms with Crippen LogP contribution in [0.25, 0.3) is 11.8 Å². The number of fused-ring (bicyclic) bond motifs is 1. The maximum atomic E-state index is 13.5. The third kappa shape index (κ3) is 3.70. The third-order valence-electron chi connectivity index (χ3n) is 5.00. The second-order valence-electron chi connectivity index (χ2n) is 6.96. The largest absolute Gasteiger partial charge is 0.463 e. The van der Waals surface area contributed by atoms with Crippen molar-refractivity contribution in [1.29, 1.82) is 0 Å². The van der Waals surface area contributed by atoms with Crippen LogP contribution in [0.1, 0.15) is 28.3 Å². The van der Waals surface area contributed by atoms with Gasteiger partial charge in [0.25, 0.3) is 5.56 Å². The zero-order chi connectivity index (χ0) is 22.1. The zero-order valence-corrected chi connectivity index (χ0v) is 19.5. The molecule has 5 rings (SSSR count). The Bertz CT molecular complexity index is 1460. The fourth-order valence-corrected chi connectivity index (χ4v) is 6.21. The van der Waals surface area contributed by atoms with Crippen molar-refractivity contribution in [3.63, 3.8) is 0 Å². The molecule has 0 unspecified atom stereocenters. The molecule has 0 amide bonds. The summed E-state index contributed by atoms with van der Waals surface area (Å²) in [6, 6.07) is 16.8. The molecule has 1 atom stereocenters. The molecular formula is C24H18N2O3S3. The van der Waals surface area contributed by atoms with E-state index >= 15 is 0 Å². The van der Waals surface area contributed by atoms with Crippen LogP contribution in [0.4, 0.5) is 0 Å². The van der Waals surface area contributed by atoms with Crippen LogP contribution in [0.2, 0.25) is 0 Å². The van der Waals surface area contributed by atoms with E-state index in [2.05, 4.69) is 0 Å². The van der Waals surface area contributed by atoms with Gasteiger partial charge in [0.2, 0.25) is 0 Å². The molecule has 3 aromatic heterocycles. The molecule has 0 saturated heterocycles. The van der Waals surface area contributed by atoms with Crippen LogP contribution >= 0.6 is 34.0 Å². The van der Waals surface area contributed by atoms with Crippen molar-refractivity contribution in [2.75, 3.05) is 6.61 Å². The number of carbonyl (C=O) groups is 1. The number of thiophene rings is 2. The fourth-order valence-electron chi connectivity index (χ4n) is 3.66. The van der Waals surface area contributed by atoms with Crippen LogP contribution in [-0.4, -0.2) is 17.1 Å². The van der Waals surface area contributed by atoms with Gasteiger partial charge < -0.3 is 4.74 Å². The first-order valence-corrected chi connectivity index (χ1v) is 12.6. The average Bonchev–Trinajstić information content (AvgIpc) is 3.57. The molecule has 0 fully saturated rings. The number of esters is 1. The zero-order valence-electron chi connectivity index (χ0n) is 17.1. The Labute approximate surface area is 195 Å². The highest BCUT2D eigenvalue weighted by atomic mass is 32.1. The highest BCUT2D eigenvalue weighted by Gasteiger charge is 2.35. The minimum atomic E-state index is -0.592. The summed E-state index contributed by atoms with van der Waals surface area (Å²) in [6.07, 6.45) is 1.89. The number of benzene rings is 1. The molecule has 4 aromatic rings. The molecule has 1 aromatic carbocycles. The van der Waals surface area contributed by atoms with Gasteiger partial charge in [-0.3, -0.25) is 9.36 Å². The first kappa shape index (κ1) is 20.8. The van der Waals surface area contributed by atoms with Gasteiger partial charge in [-0.05, 0) is 35.9 Å². The van der Waals surface area contributed by atoms with Gasteiger partial charge >= 0.3 is 5.97 Å². The Morgan fingerprint density at radius 1 is 1.09 bits per heavy atom. The Kier molecular flexibility index (Phi) is 5.73. The van der Waals surface area contributed by atoms with Crippen molar-refractivity contribution in [3.8, 4) is 0 Å². The monoisotopic (exact) mass is 478 g/mol. The lowest BCUT2D eigenvalue weighted by molar-refractivity contribution is -0.138. The van der Waals surface area contributed by atoms with Gasteiger partial charge in [-0.2, -0.15) is 0 Å². The second kappa shape index (κ2) is 8.82. The van der Waals surface area contributed by atoms with Crippen LogP contribution in [0.3, 0.4) is 0 Å². The lowest BCUT2D eigenvalue weighted by atomic mass is 9.97. The van der Waals surface area contributed by atoms with E-state index in [9.17, 15) is 9.59 Å². The van der Waals surface area contributed by atoms with Gasteiger partial charge in [0.1, 0.15) is 6.04 Å². The lowest BCUT2D eigenvalue weighted by Gasteiger charge is -2.24. The van der Waals surface area contributed by atoms with Crippen LogP contribution < -0.4 is 14.9 Å². The molecule has 0 saturated carbocycles. The van der Waals surface area contributed by atoms with Gasteiger partial charge in [0, 0.05) is 15.3 Å². The molecule has 8 heteroatoms. The Morgan fingerprint density at radius 3 is 2.56 bits per heavy atom. The quantitative estimate of drug-likeness (QED) is 0.407. The molecule has 0 spiro atoms. The van der Waals surface area contributed by atoms with E-state index in [-0.39, 0.29) is 12.2 Å². The molecule has 4 heterocycles. The van der Waals surface area contributed by atoms with Crippen molar-refractivity contribution in [2.45, 2.75) is 13.0 Å². The second-order valence-corrected chi connectivity index (χ2v) is 9.93. The number of carbonyl (C=O) groups excluding carboxylic acids is 1. The van der Waals surface area contributed by atoms with Crippen molar-refractivity contribution in [3.05, 3.63) is 106 Å². The van der Waals surface area contributed by atoms with E-state index < -0.39 is 12.0 Å². The summed E-state index contributed by atoms with van der Waals surface area (Å²) in [7, 11) is 0. The van der Waals surface area contributed by atoms with Gasteiger partial charge in [0.15, 0.2) is 4.80 Å². The minimum absolute atomic E-state index is 0.158. The summed E-state index contributed by atoms with van der Waals surface area (Å²) in [5.41, 5.74) is 1.59. The average molecular weight is 479 g/mol. The SMILES string of the molecule is CCOC(=O)C1=C(c2ccccc2)N=c2sc(=Cc3cccs3)c(=O)n2[C@@H]1c1cccs1. The summed E-state index contributed by atoms with van der Waals surface area (Å²) in [5.74, 6) is -0.457.